The van der Waals surface area contributed by atoms with E-state index in [-0.39, 0.29) is 24.0 Å². The molecule has 1 saturated carbocycles. The number of hydrogen-bond acceptors (Lipinski definition) is 1. The van der Waals surface area contributed by atoms with Gasteiger partial charge >= 0.3 is 0 Å². The van der Waals surface area contributed by atoms with Crippen molar-refractivity contribution in [3.63, 3.8) is 0 Å². The van der Waals surface area contributed by atoms with Crippen molar-refractivity contribution in [3.8, 4) is 0 Å². The van der Waals surface area contributed by atoms with Gasteiger partial charge in [-0.15, -0.1) is 24.0 Å². The van der Waals surface area contributed by atoms with Crippen LogP contribution >= 0.6 is 24.0 Å². The minimum Gasteiger partial charge on any atom is -0.353 e. The van der Waals surface area contributed by atoms with Gasteiger partial charge in [-0.3, -0.25) is 4.99 Å². The van der Waals surface area contributed by atoms with Crippen molar-refractivity contribution < 1.29 is 0 Å². The molecule has 1 aliphatic heterocycles. The molecular weight excluding hydrogens is 325 g/mol. The minimum atomic E-state index is 0. The number of likely N-dealkylation sites (tertiary alicyclic amines) is 1. The summed E-state index contributed by atoms with van der Waals surface area (Å²) < 4.78 is 0. The number of guanidine groups is 1. The zero-order chi connectivity index (χ0) is 11.4. The molecule has 17 heavy (non-hydrogen) atoms. The molecule has 0 aromatic rings. The standard InChI is InChI=1S/C13H25N3.HI/c1-3-7-11-10-12(11)15-13(14-4-2)16-8-5-6-9-16;/h11-12H,3-10H2,1-2H3,(H,14,15);1H. The maximum atomic E-state index is 4.61. The Kier molecular flexibility index (Phi) is 6.59. The number of nitrogens with zero attached hydrogens (tertiary/aromatic N) is 2. The highest BCUT2D eigenvalue weighted by Gasteiger charge is 2.37. The molecule has 0 spiro atoms. The third-order valence-corrected chi connectivity index (χ3v) is 3.61. The molecule has 2 rings (SSSR count). The molecule has 2 fully saturated rings. The van der Waals surface area contributed by atoms with Gasteiger partial charge in [-0.25, -0.2) is 0 Å². The molecule has 2 atom stereocenters. The van der Waals surface area contributed by atoms with E-state index in [0.29, 0.717) is 6.04 Å². The molecule has 2 aliphatic rings. The summed E-state index contributed by atoms with van der Waals surface area (Å²) >= 11 is 0. The van der Waals surface area contributed by atoms with E-state index in [1.807, 2.05) is 0 Å². The normalized spacial score (nSPS) is 27.9. The maximum absolute atomic E-state index is 4.61. The summed E-state index contributed by atoms with van der Waals surface area (Å²) in [5, 5.41) is 3.64. The minimum absolute atomic E-state index is 0. The maximum Gasteiger partial charge on any atom is 0.194 e. The van der Waals surface area contributed by atoms with Gasteiger partial charge in [0.2, 0.25) is 0 Å². The Morgan fingerprint density at radius 2 is 2.00 bits per heavy atom. The van der Waals surface area contributed by atoms with Crippen molar-refractivity contribution >= 4 is 29.9 Å². The lowest BCUT2D eigenvalue weighted by atomic mass is 10.2. The van der Waals surface area contributed by atoms with Gasteiger partial charge in [-0.1, -0.05) is 13.3 Å². The number of aliphatic imine (C=N–C) groups is 1. The van der Waals surface area contributed by atoms with Crippen LogP contribution in [0.15, 0.2) is 4.99 Å². The second kappa shape index (κ2) is 7.44. The van der Waals surface area contributed by atoms with Gasteiger partial charge < -0.3 is 10.2 Å². The van der Waals surface area contributed by atoms with Crippen LogP contribution in [0.5, 0.6) is 0 Å². The first-order chi connectivity index (χ1) is 7.85. The van der Waals surface area contributed by atoms with E-state index in [2.05, 4.69) is 29.1 Å². The summed E-state index contributed by atoms with van der Waals surface area (Å²) in [6.45, 7) is 7.67. The van der Waals surface area contributed by atoms with E-state index in [1.54, 1.807) is 0 Å². The number of halogens is 1. The Bertz CT molecular complexity index is 249. The first kappa shape index (κ1) is 15.1. The number of hydrogen-bond donors (Lipinski definition) is 1. The molecule has 1 saturated heterocycles. The summed E-state index contributed by atoms with van der Waals surface area (Å²) in [6, 6.07) is 0.714. The van der Waals surface area contributed by atoms with E-state index in [4.69, 9.17) is 0 Å². The topological polar surface area (TPSA) is 27.6 Å². The van der Waals surface area contributed by atoms with Gasteiger partial charge in [0.25, 0.3) is 0 Å². The average molecular weight is 351 g/mol. The van der Waals surface area contributed by atoms with Crippen LogP contribution in [0, 0.1) is 5.92 Å². The van der Waals surface area contributed by atoms with Crippen molar-refractivity contribution in [1.29, 1.82) is 0 Å². The van der Waals surface area contributed by atoms with Crippen LogP contribution < -0.4 is 5.32 Å². The molecule has 0 bridgehead atoms. The average Bonchev–Trinajstić information content (AvgIpc) is 2.82. The van der Waals surface area contributed by atoms with Gasteiger partial charge in [0, 0.05) is 25.7 Å². The predicted octanol–water partition coefficient (Wildman–Crippen LogP) is 2.85. The first-order valence-electron chi connectivity index (χ1n) is 6.91. The van der Waals surface area contributed by atoms with E-state index >= 15 is 0 Å². The molecule has 3 nitrogen and oxygen atoms in total. The smallest absolute Gasteiger partial charge is 0.194 e. The third kappa shape index (κ3) is 4.30. The molecule has 1 aliphatic carbocycles. The number of rotatable bonds is 4. The Hall–Kier alpha value is 0. The van der Waals surface area contributed by atoms with Crippen molar-refractivity contribution in [2.75, 3.05) is 19.6 Å². The van der Waals surface area contributed by atoms with Crippen LogP contribution in [0.3, 0.4) is 0 Å². The van der Waals surface area contributed by atoms with Crippen LogP contribution in [-0.2, 0) is 0 Å². The van der Waals surface area contributed by atoms with Crippen molar-refractivity contribution in [2.24, 2.45) is 10.9 Å². The zero-order valence-electron chi connectivity index (χ0n) is 11.1. The van der Waals surface area contributed by atoms with Crippen LogP contribution in [-0.4, -0.2) is 36.5 Å². The predicted molar refractivity (Wildman–Crippen MR) is 84.1 cm³/mol. The lowest BCUT2D eigenvalue weighted by molar-refractivity contribution is 0.487. The molecule has 0 aromatic carbocycles. The van der Waals surface area contributed by atoms with Crippen molar-refractivity contribution in [2.45, 2.75) is 52.0 Å². The fourth-order valence-corrected chi connectivity index (χ4v) is 2.60. The molecule has 0 radical (unpaired) electrons. The fourth-order valence-electron chi connectivity index (χ4n) is 2.60. The summed E-state index contributed by atoms with van der Waals surface area (Å²) in [4.78, 5) is 7.03. The fraction of sp³-hybridized carbons (Fsp3) is 0.923. The highest BCUT2D eigenvalue weighted by atomic mass is 127. The molecule has 4 heteroatoms. The zero-order valence-corrected chi connectivity index (χ0v) is 13.4. The SMILES string of the molecule is CCCC1CC1NC(=NCC)N1CCCC1.I. The highest BCUT2D eigenvalue weighted by Crippen LogP contribution is 2.34. The molecule has 2 unspecified atom stereocenters. The van der Waals surface area contributed by atoms with E-state index < -0.39 is 0 Å². The second-order valence-electron chi connectivity index (χ2n) is 5.03. The van der Waals surface area contributed by atoms with Crippen LogP contribution in [0.2, 0.25) is 0 Å². The van der Waals surface area contributed by atoms with Crippen LogP contribution in [0.4, 0.5) is 0 Å². The quantitative estimate of drug-likeness (QED) is 0.479. The first-order valence-corrected chi connectivity index (χ1v) is 6.91. The van der Waals surface area contributed by atoms with Crippen LogP contribution in [0.25, 0.3) is 0 Å². The highest BCUT2D eigenvalue weighted by molar-refractivity contribution is 14.0. The lowest BCUT2D eigenvalue weighted by Gasteiger charge is -2.21. The summed E-state index contributed by atoms with van der Waals surface area (Å²) in [6.07, 6.45) is 6.69. The van der Waals surface area contributed by atoms with E-state index in [1.165, 1.54) is 51.2 Å². The number of nitrogens with one attached hydrogen (secondary N) is 1. The second-order valence-corrected chi connectivity index (χ2v) is 5.03. The van der Waals surface area contributed by atoms with Gasteiger partial charge in [-0.05, 0) is 38.5 Å². The summed E-state index contributed by atoms with van der Waals surface area (Å²) in [7, 11) is 0. The molecule has 1 N–H and O–H groups in total. The Labute approximate surface area is 122 Å². The molecule has 0 amide bonds. The van der Waals surface area contributed by atoms with Gasteiger partial charge in [0.15, 0.2) is 5.96 Å². The van der Waals surface area contributed by atoms with Crippen molar-refractivity contribution in [3.05, 3.63) is 0 Å². The molecule has 100 valence electrons. The summed E-state index contributed by atoms with van der Waals surface area (Å²) in [5.41, 5.74) is 0. The largest absolute Gasteiger partial charge is 0.353 e. The monoisotopic (exact) mass is 351 g/mol. The van der Waals surface area contributed by atoms with Gasteiger partial charge in [0.1, 0.15) is 0 Å². The Morgan fingerprint density at radius 3 is 2.59 bits per heavy atom. The summed E-state index contributed by atoms with van der Waals surface area (Å²) in [5.74, 6) is 2.08. The molecular formula is C13H26IN3. The van der Waals surface area contributed by atoms with Crippen molar-refractivity contribution in [1.82, 2.24) is 10.2 Å². The van der Waals surface area contributed by atoms with Gasteiger partial charge in [-0.2, -0.15) is 0 Å². The van der Waals surface area contributed by atoms with E-state index in [0.717, 1.165) is 12.5 Å². The lowest BCUT2D eigenvalue weighted by Crippen LogP contribution is -2.41. The Morgan fingerprint density at radius 1 is 1.29 bits per heavy atom. The third-order valence-electron chi connectivity index (χ3n) is 3.61. The molecule has 1 heterocycles. The molecule has 0 aromatic heterocycles. The van der Waals surface area contributed by atoms with Crippen LogP contribution in [0.1, 0.15) is 46.0 Å². The van der Waals surface area contributed by atoms with E-state index in [9.17, 15) is 0 Å². The van der Waals surface area contributed by atoms with Gasteiger partial charge in [0.05, 0.1) is 0 Å². The Balaban J connectivity index is 0.00000144.